The van der Waals surface area contributed by atoms with E-state index in [1.54, 1.807) is 31.2 Å². The maximum absolute atomic E-state index is 12.7. The van der Waals surface area contributed by atoms with Gasteiger partial charge in [0.25, 0.3) is 0 Å². The molecule has 1 heterocycles. The predicted octanol–water partition coefficient (Wildman–Crippen LogP) is 4.34. The van der Waals surface area contributed by atoms with Gasteiger partial charge in [0.2, 0.25) is 5.88 Å². The first-order chi connectivity index (χ1) is 15.4. The number of nitrogens with zero attached hydrogens (tertiary/aromatic N) is 3. The van der Waals surface area contributed by atoms with Crippen molar-refractivity contribution in [2.75, 3.05) is 12.3 Å². The van der Waals surface area contributed by atoms with Crippen LogP contribution in [0.4, 0.5) is 5.82 Å². The average molecular weight is 471 g/mol. The van der Waals surface area contributed by atoms with Crippen molar-refractivity contribution in [1.82, 2.24) is 9.97 Å². The van der Waals surface area contributed by atoms with Crippen molar-refractivity contribution in [3.63, 3.8) is 0 Å². The van der Waals surface area contributed by atoms with E-state index in [4.69, 9.17) is 15.2 Å². The molecule has 0 unspecified atom stereocenters. The number of aliphatic hydroxyl groups is 1. The van der Waals surface area contributed by atoms with Crippen LogP contribution in [0, 0.1) is 11.3 Å². The molecule has 33 heavy (non-hydrogen) atoms. The zero-order valence-electron chi connectivity index (χ0n) is 20.5. The standard InChI is InChI=1S/C24H34N4O4Si/c1-8-17(23(30)33(6,7)24(3,4)5)32-21-18(22(29)31-9-2)19(26)27-20(28-21)16-12-10-11-15(13-16)14-25/h10-13,17,23,30H,8-9H2,1-7H3,(H2,26,27,28)/t17-,23-/m1/s1. The van der Waals surface area contributed by atoms with Crippen LogP contribution >= 0.6 is 0 Å². The van der Waals surface area contributed by atoms with Gasteiger partial charge in [-0.15, -0.1) is 0 Å². The Morgan fingerprint density at radius 3 is 2.48 bits per heavy atom. The first kappa shape index (κ1) is 26.3. The molecule has 178 valence electrons. The molecule has 0 amide bonds. The third kappa shape index (κ3) is 5.70. The van der Waals surface area contributed by atoms with Crippen LogP contribution in [-0.2, 0) is 4.74 Å². The third-order valence-electron chi connectivity index (χ3n) is 6.32. The molecule has 0 fully saturated rings. The Hall–Kier alpha value is -2.96. The number of hydrogen-bond acceptors (Lipinski definition) is 8. The second-order valence-corrected chi connectivity index (χ2v) is 15.0. The molecule has 1 aromatic heterocycles. The Kier molecular flexibility index (Phi) is 8.22. The quantitative estimate of drug-likeness (QED) is 0.430. The largest absolute Gasteiger partial charge is 0.471 e. The van der Waals surface area contributed by atoms with E-state index in [1.165, 1.54) is 0 Å². The molecule has 9 heteroatoms. The van der Waals surface area contributed by atoms with Crippen LogP contribution in [0.1, 0.15) is 57.0 Å². The Morgan fingerprint density at radius 2 is 1.94 bits per heavy atom. The number of carbonyl (C=O) groups excluding carboxylic acids is 1. The fourth-order valence-electron chi connectivity index (χ4n) is 3.22. The van der Waals surface area contributed by atoms with Crippen molar-refractivity contribution in [1.29, 1.82) is 5.26 Å². The van der Waals surface area contributed by atoms with Crippen LogP contribution < -0.4 is 10.5 Å². The van der Waals surface area contributed by atoms with Crippen molar-refractivity contribution in [2.24, 2.45) is 0 Å². The van der Waals surface area contributed by atoms with Gasteiger partial charge < -0.3 is 20.3 Å². The number of rotatable bonds is 8. The summed E-state index contributed by atoms with van der Waals surface area (Å²) < 4.78 is 11.3. The van der Waals surface area contributed by atoms with Gasteiger partial charge in [-0.25, -0.2) is 9.78 Å². The summed E-state index contributed by atoms with van der Waals surface area (Å²) >= 11 is 0. The molecule has 1 aromatic carbocycles. The lowest BCUT2D eigenvalue weighted by Gasteiger charge is -2.43. The van der Waals surface area contributed by atoms with Gasteiger partial charge in [0.1, 0.15) is 11.9 Å². The summed E-state index contributed by atoms with van der Waals surface area (Å²) in [7, 11) is -2.21. The number of anilines is 1. The molecule has 0 radical (unpaired) electrons. The highest BCUT2D eigenvalue weighted by Gasteiger charge is 2.45. The lowest BCUT2D eigenvalue weighted by molar-refractivity contribution is 0.0491. The van der Waals surface area contributed by atoms with Crippen LogP contribution in [-0.4, -0.2) is 47.6 Å². The molecule has 0 saturated carbocycles. The number of aliphatic hydroxyl groups excluding tert-OH is 1. The summed E-state index contributed by atoms with van der Waals surface area (Å²) in [5.74, 6) is -0.612. The molecule has 0 spiro atoms. The third-order valence-corrected chi connectivity index (χ3v) is 12.0. The molecule has 2 aromatic rings. The second-order valence-electron chi connectivity index (χ2n) is 9.51. The maximum Gasteiger partial charge on any atom is 0.347 e. The Bertz CT molecular complexity index is 1040. The molecule has 2 rings (SSSR count). The highest BCUT2D eigenvalue weighted by atomic mass is 28.3. The van der Waals surface area contributed by atoms with Gasteiger partial charge in [-0.3, -0.25) is 0 Å². The number of esters is 1. The van der Waals surface area contributed by atoms with E-state index >= 15 is 0 Å². The van der Waals surface area contributed by atoms with Gasteiger partial charge in [0, 0.05) is 5.56 Å². The average Bonchev–Trinajstić information content (AvgIpc) is 2.75. The number of nitriles is 1. The van der Waals surface area contributed by atoms with Crippen LogP contribution in [0.2, 0.25) is 18.1 Å². The van der Waals surface area contributed by atoms with Crippen molar-refractivity contribution in [3.05, 3.63) is 35.4 Å². The lowest BCUT2D eigenvalue weighted by atomic mass is 10.1. The minimum Gasteiger partial charge on any atom is -0.471 e. The van der Waals surface area contributed by atoms with E-state index in [-0.39, 0.29) is 34.7 Å². The van der Waals surface area contributed by atoms with Crippen LogP contribution in [0.15, 0.2) is 24.3 Å². The minimum absolute atomic E-state index is 0.0390. The monoisotopic (exact) mass is 470 g/mol. The van der Waals surface area contributed by atoms with E-state index in [9.17, 15) is 15.2 Å². The molecular weight excluding hydrogens is 436 g/mol. The number of benzene rings is 1. The van der Waals surface area contributed by atoms with Crippen LogP contribution in [0.25, 0.3) is 11.4 Å². The Labute approximate surface area is 196 Å². The molecule has 3 N–H and O–H groups in total. The SMILES string of the molecule is CCOC(=O)c1c(N)nc(-c2cccc(C#N)c2)nc1O[C@H](CC)[C@H](O)[Si](C)(C)C(C)(C)C. The molecule has 0 saturated heterocycles. The van der Waals surface area contributed by atoms with Gasteiger partial charge in [-0.1, -0.05) is 52.9 Å². The molecular formula is C24H34N4O4Si. The number of nitrogen functional groups attached to an aromatic ring is 1. The van der Waals surface area contributed by atoms with Crippen molar-refractivity contribution in [2.45, 2.75) is 71.0 Å². The van der Waals surface area contributed by atoms with E-state index in [0.29, 0.717) is 17.5 Å². The summed E-state index contributed by atoms with van der Waals surface area (Å²) in [6, 6.07) is 8.83. The molecule has 2 atom stereocenters. The normalized spacial score (nSPS) is 13.7. The topological polar surface area (TPSA) is 131 Å². The van der Waals surface area contributed by atoms with E-state index in [2.05, 4.69) is 49.9 Å². The lowest BCUT2D eigenvalue weighted by Crippen LogP contribution is -2.56. The molecule has 0 aliphatic carbocycles. The van der Waals surface area contributed by atoms with Gasteiger partial charge in [-0.05, 0) is 30.5 Å². The van der Waals surface area contributed by atoms with Gasteiger partial charge in [0.05, 0.1) is 32.0 Å². The van der Waals surface area contributed by atoms with Crippen molar-refractivity contribution < 1.29 is 19.4 Å². The predicted molar refractivity (Wildman–Crippen MR) is 130 cm³/mol. The van der Waals surface area contributed by atoms with Gasteiger partial charge in [-0.2, -0.15) is 10.2 Å². The van der Waals surface area contributed by atoms with Crippen LogP contribution in [0.5, 0.6) is 5.88 Å². The van der Waals surface area contributed by atoms with Gasteiger partial charge in [0.15, 0.2) is 11.4 Å². The van der Waals surface area contributed by atoms with Crippen LogP contribution in [0.3, 0.4) is 0 Å². The zero-order valence-corrected chi connectivity index (χ0v) is 21.5. The highest BCUT2D eigenvalue weighted by Crippen LogP contribution is 2.40. The van der Waals surface area contributed by atoms with Crippen molar-refractivity contribution >= 4 is 19.9 Å². The summed E-state index contributed by atoms with van der Waals surface area (Å²) in [6.45, 7) is 14.3. The molecule has 0 bridgehead atoms. The maximum atomic E-state index is 12.7. The van der Waals surface area contributed by atoms with E-state index in [1.807, 2.05) is 6.92 Å². The first-order valence-corrected chi connectivity index (χ1v) is 14.1. The molecule has 0 aliphatic rings. The summed E-state index contributed by atoms with van der Waals surface area (Å²) in [4.78, 5) is 21.4. The van der Waals surface area contributed by atoms with Crippen molar-refractivity contribution in [3.8, 4) is 23.3 Å². The number of ether oxygens (including phenoxy) is 2. The number of carbonyl (C=O) groups is 1. The highest BCUT2D eigenvalue weighted by molar-refractivity contribution is 6.81. The zero-order chi connectivity index (χ0) is 25.0. The molecule has 8 nitrogen and oxygen atoms in total. The Balaban J connectivity index is 2.61. The number of aromatic nitrogens is 2. The summed E-state index contributed by atoms with van der Waals surface area (Å²) in [5, 5.41) is 20.4. The number of nitrogens with two attached hydrogens (primary N) is 1. The summed E-state index contributed by atoms with van der Waals surface area (Å²) in [5.41, 5.74) is 6.36. The summed E-state index contributed by atoms with van der Waals surface area (Å²) in [6.07, 6.45) is -0.106. The van der Waals surface area contributed by atoms with Gasteiger partial charge >= 0.3 is 5.97 Å². The molecule has 0 aliphatic heterocycles. The smallest absolute Gasteiger partial charge is 0.347 e. The fourth-order valence-corrected chi connectivity index (χ4v) is 5.34. The second kappa shape index (κ2) is 10.3. The number of hydrogen-bond donors (Lipinski definition) is 2. The fraction of sp³-hybridized carbons (Fsp3) is 0.500. The Morgan fingerprint density at radius 1 is 1.27 bits per heavy atom. The first-order valence-electron chi connectivity index (χ1n) is 11.1. The van der Waals surface area contributed by atoms with E-state index in [0.717, 1.165) is 0 Å². The van der Waals surface area contributed by atoms with E-state index < -0.39 is 25.9 Å². The minimum atomic E-state index is -2.21.